The Balaban J connectivity index is 1.65. The van der Waals surface area contributed by atoms with Gasteiger partial charge in [-0.1, -0.05) is 37.3 Å². The van der Waals surface area contributed by atoms with Gasteiger partial charge in [0.2, 0.25) is 11.8 Å². The minimum atomic E-state index is -0.417. The molecule has 1 fully saturated rings. The average molecular weight is 391 g/mol. The fourth-order valence-electron chi connectivity index (χ4n) is 4.16. The van der Waals surface area contributed by atoms with Gasteiger partial charge in [0.05, 0.1) is 17.4 Å². The Morgan fingerprint density at radius 1 is 1.14 bits per heavy atom. The molecule has 0 aliphatic carbocycles. The summed E-state index contributed by atoms with van der Waals surface area (Å²) >= 11 is 0. The Morgan fingerprint density at radius 2 is 1.90 bits per heavy atom. The average Bonchev–Trinajstić information content (AvgIpc) is 3.13. The highest BCUT2D eigenvalue weighted by Crippen LogP contribution is 2.41. The van der Waals surface area contributed by atoms with E-state index in [0.717, 1.165) is 17.7 Å². The predicted molar refractivity (Wildman–Crippen MR) is 112 cm³/mol. The number of nitrogens with zero attached hydrogens (tertiary/aromatic N) is 2. The van der Waals surface area contributed by atoms with Gasteiger partial charge in [0, 0.05) is 18.5 Å². The molecule has 0 aromatic heterocycles. The molecule has 2 heterocycles. The van der Waals surface area contributed by atoms with Crippen molar-refractivity contribution in [3.8, 4) is 0 Å². The van der Waals surface area contributed by atoms with Crippen molar-refractivity contribution < 1.29 is 14.4 Å². The standard InChI is InChI=1S/C23H25N3O3/c1-3-13-25-20-14-17(22(28)24-15(2)16-7-5-4-6-8-16)9-10-18(20)26-19(23(25)29)11-12-21(26)27/h4-10,14-15,19H,3,11-13H2,1-2H3,(H,24,28). The lowest BCUT2D eigenvalue weighted by atomic mass is 10.0. The Morgan fingerprint density at radius 3 is 2.62 bits per heavy atom. The zero-order chi connectivity index (χ0) is 20.5. The molecule has 2 aromatic carbocycles. The van der Waals surface area contributed by atoms with Crippen molar-refractivity contribution in [1.29, 1.82) is 0 Å². The van der Waals surface area contributed by atoms with E-state index in [4.69, 9.17) is 0 Å². The van der Waals surface area contributed by atoms with Gasteiger partial charge >= 0.3 is 0 Å². The van der Waals surface area contributed by atoms with E-state index in [9.17, 15) is 14.4 Å². The van der Waals surface area contributed by atoms with Crippen LogP contribution >= 0.6 is 0 Å². The van der Waals surface area contributed by atoms with Crippen molar-refractivity contribution in [2.24, 2.45) is 0 Å². The molecule has 29 heavy (non-hydrogen) atoms. The molecule has 2 aliphatic heterocycles. The second kappa shape index (κ2) is 7.70. The number of fused-ring (bicyclic) bond motifs is 3. The molecule has 150 valence electrons. The highest BCUT2D eigenvalue weighted by atomic mass is 16.2. The van der Waals surface area contributed by atoms with Crippen LogP contribution in [0.1, 0.15) is 55.1 Å². The van der Waals surface area contributed by atoms with Gasteiger partial charge in [0.25, 0.3) is 5.91 Å². The van der Waals surface area contributed by atoms with E-state index >= 15 is 0 Å². The molecule has 2 unspecified atom stereocenters. The van der Waals surface area contributed by atoms with Crippen LogP contribution in [0.3, 0.4) is 0 Å². The maximum Gasteiger partial charge on any atom is 0.251 e. The lowest BCUT2D eigenvalue weighted by Gasteiger charge is -2.38. The monoisotopic (exact) mass is 391 g/mol. The first-order chi connectivity index (χ1) is 14.0. The van der Waals surface area contributed by atoms with E-state index in [2.05, 4.69) is 5.32 Å². The summed E-state index contributed by atoms with van der Waals surface area (Å²) in [6, 6.07) is 14.5. The third-order valence-corrected chi connectivity index (χ3v) is 5.65. The van der Waals surface area contributed by atoms with Gasteiger partial charge in [0.15, 0.2) is 0 Å². The Bertz CT molecular complexity index is 957. The molecule has 2 aromatic rings. The van der Waals surface area contributed by atoms with Gasteiger partial charge in [-0.25, -0.2) is 0 Å². The van der Waals surface area contributed by atoms with Crippen molar-refractivity contribution in [3.05, 3.63) is 59.7 Å². The molecular weight excluding hydrogens is 366 g/mol. The maximum atomic E-state index is 13.0. The molecule has 1 N–H and O–H groups in total. The summed E-state index contributed by atoms with van der Waals surface area (Å²) in [5.74, 6) is -0.293. The second-order valence-electron chi connectivity index (χ2n) is 7.62. The number of carbonyl (C=O) groups is 3. The zero-order valence-electron chi connectivity index (χ0n) is 16.7. The van der Waals surface area contributed by atoms with Crippen LogP contribution in [0.2, 0.25) is 0 Å². The lowest BCUT2D eigenvalue weighted by Crippen LogP contribution is -2.52. The summed E-state index contributed by atoms with van der Waals surface area (Å²) in [6.07, 6.45) is 1.73. The molecule has 0 radical (unpaired) electrons. The number of benzene rings is 2. The largest absolute Gasteiger partial charge is 0.346 e. The first-order valence-electron chi connectivity index (χ1n) is 10.1. The number of nitrogens with one attached hydrogen (secondary N) is 1. The van der Waals surface area contributed by atoms with Gasteiger partial charge in [-0.05, 0) is 43.5 Å². The molecule has 0 bridgehead atoms. The number of rotatable bonds is 5. The van der Waals surface area contributed by atoms with Crippen molar-refractivity contribution in [1.82, 2.24) is 5.32 Å². The molecule has 0 saturated carbocycles. The van der Waals surface area contributed by atoms with E-state index in [1.54, 1.807) is 28.0 Å². The quantitative estimate of drug-likeness (QED) is 0.849. The number of carbonyl (C=O) groups excluding carboxylic acids is 3. The van der Waals surface area contributed by atoms with Gasteiger partial charge in [-0.3, -0.25) is 19.3 Å². The van der Waals surface area contributed by atoms with Crippen LogP contribution < -0.4 is 15.1 Å². The topological polar surface area (TPSA) is 69.7 Å². The van der Waals surface area contributed by atoms with Crippen LogP contribution in [-0.4, -0.2) is 30.3 Å². The van der Waals surface area contributed by atoms with Crippen LogP contribution in [0.5, 0.6) is 0 Å². The van der Waals surface area contributed by atoms with Crippen molar-refractivity contribution in [2.45, 2.75) is 45.2 Å². The Labute approximate surface area is 170 Å². The number of hydrogen-bond donors (Lipinski definition) is 1. The van der Waals surface area contributed by atoms with E-state index < -0.39 is 6.04 Å². The third kappa shape index (κ3) is 3.39. The first-order valence-corrected chi connectivity index (χ1v) is 10.1. The molecule has 1 saturated heterocycles. The zero-order valence-corrected chi connectivity index (χ0v) is 16.7. The smallest absolute Gasteiger partial charge is 0.251 e. The lowest BCUT2D eigenvalue weighted by molar-refractivity contribution is -0.122. The van der Waals surface area contributed by atoms with Crippen molar-refractivity contribution in [2.75, 3.05) is 16.3 Å². The minimum Gasteiger partial charge on any atom is -0.346 e. The van der Waals surface area contributed by atoms with Crippen LogP contribution in [0.25, 0.3) is 0 Å². The van der Waals surface area contributed by atoms with E-state index in [-0.39, 0.29) is 23.8 Å². The second-order valence-corrected chi connectivity index (χ2v) is 7.62. The minimum absolute atomic E-state index is 0.0318. The van der Waals surface area contributed by atoms with E-state index in [0.29, 0.717) is 30.6 Å². The molecule has 3 amide bonds. The number of anilines is 2. The fraction of sp³-hybridized carbons (Fsp3) is 0.348. The number of amides is 3. The fourth-order valence-corrected chi connectivity index (χ4v) is 4.16. The van der Waals surface area contributed by atoms with Crippen molar-refractivity contribution in [3.63, 3.8) is 0 Å². The van der Waals surface area contributed by atoms with E-state index in [1.807, 2.05) is 44.2 Å². The molecule has 6 nitrogen and oxygen atoms in total. The summed E-state index contributed by atoms with van der Waals surface area (Å²) in [5, 5.41) is 3.01. The summed E-state index contributed by atoms with van der Waals surface area (Å²) in [5.41, 5.74) is 2.86. The molecule has 2 aliphatic rings. The summed E-state index contributed by atoms with van der Waals surface area (Å²) in [4.78, 5) is 41.6. The third-order valence-electron chi connectivity index (χ3n) is 5.65. The maximum absolute atomic E-state index is 13.0. The molecular formula is C23H25N3O3. The SMILES string of the molecule is CCCN1C(=O)C2CCC(=O)N2c2ccc(C(=O)NC(C)c3ccccc3)cc21. The molecule has 0 spiro atoms. The van der Waals surface area contributed by atoms with E-state index in [1.165, 1.54) is 0 Å². The summed E-state index contributed by atoms with van der Waals surface area (Å²) in [7, 11) is 0. The highest BCUT2D eigenvalue weighted by Gasteiger charge is 2.44. The Hall–Kier alpha value is -3.15. The first kappa shape index (κ1) is 19.2. The highest BCUT2D eigenvalue weighted by molar-refractivity contribution is 6.15. The van der Waals surface area contributed by atoms with Crippen molar-refractivity contribution >= 4 is 29.1 Å². The number of hydrogen-bond acceptors (Lipinski definition) is 3. The normalized spacial score (nSPS) is 19.0. The van der Waals surface area contributed by atoms with Gasteiger partial charge in [-0.15, -0.1) is 0 Å². The van der Waals surface area contributed by atoms with Gasteiger partial charge in [-0.2, -0.15) is 0 Å². The van der Waals surface area contributed by atoms with Crippen LogP contribution in [0.4, 0.5) is 11.4 Å². The molecule has 4 rings (SSSR count). The van der Waals surface area contributed by atoms with Crippen LogP contribution in [0, 0.1) is 0 Å². The van der Waals surface area contributed by atoms with Crippen LogP contribution in [-0.2, 0) is 9.59 Å². The Kier molecular flexibility index (Phi) is 5.09. The van der Waals surface area contributed by atoms with Gasteiger partial charge in [0.1, 0.15) is 6.04 Å². The molecule has 6 heteroatoms. The molecule has 2 atom stereocenters. The van der Waals surface area contributed by atoms with Gasteiger partial charge < -0.3 is 10.2 Å². The summed E-state index contributed by atoms with van der Waals surface area (Å²) < 4.78 is 0. The van der Waals surface area contributed by atoms with Crippen LogP contribution in [0.15, 0.2) is 48.5 Å². The predicted octanol–water partition coefficient (Wildman–Crippen LogP) is 3.43. The summed E-state index contributed by atoms with van der Waals surface area (Å²) in [6.45, 7) is 4.51.